The van der Waals surface area contributed by atoms with Crippen molar-refractivity contribution < 1.29 is 4.79 Å². The van der Waals surface area contributed by atoms with Crippen LogP contribution < -0.4 is 10.2 Å². The molecule has 1 atom stereocenters. The van der Waals surface area contributed by atoms with Crippen molar-refractivity contribution in [2.75, 3.05) is 36.4 Å². The largest absolute Gasteiger partial charge is 0.354 e. The van der Waals surface area contributed by atoms with Crippen LogP contribution in [0.4, 0.5) is 11.5 Å². The minimum atomic E-state index is -0.214. The van der Waals surface area contributed by atoms with E-state index >= 15 is 0 Å². The monoisotopic (exact) mass is 443 g/mol. The van der Waals surface area contributed by atoms with Gasteiger partial charge in [-0.25, -0.2) is 9.97 Å². The molecule has 172 valence electrons. The number of hydrogen-bond acceptors (Lipinski definition) is 5. The Morgan fingerprint density at radius 2 is 1.58 bits per heavy atom. The number of piperazine rings is 1. The van der Waals surface area contributed by atoms with Gasteiger partial charge in [-0.1, -0.05) is 62.4 Å². The van der Waals surface area contributed by atoms with Gasteiger partial charge in [0.1, 0.15) is 11.6 Å². The third-order valence-electron chi connectivity index (χ3n) is 6.21. The molecule has 1 aromatic heterocycles. The van der Waals surface area contributed by atoms with Gasteiger partial charge < -0.3 is 10.2 Å². The van der Waals surface area contributed by atoms with E-state index in [0.717, 1.165) is 60.3 Å². The number of carbonyl (C=O) groups excluding carboxylic acids is 1. The molecular formula is C27H33N5O. The van der Waals surface area contributed by atoms with Gasteiger partial charge in [0.25, 0.3) is 0 Å². The Bertz CT molecular complexity index is 1090. The standard InChI is InChI=1S/C27H33N5O/c1-19(2)26-28-20(3)18-25(30-26)32-16-14-31(15-17-32)21(4)27(33)29-24-13-9-8-12-23(24)22-10-6-5-7-11-22/h5-13,18-19,21H,14-17H2,1-4H3,(H,29,33). The van der Waals surface area contributed by atoms with Crippen molar-refractivity contribution in [3.63, 3.8) is 0 Å². The molecule has 0 aliphatic carbocycles. The molecule has 0 radical (unpaired) electrons. The van der Waals surface area contributed by atoms with Crippen LogP contribution >= 0.6 is 0 Å². The molecule has 0 spiro atoms. The summed E-state index contributed by atoms with van der Waals surface area (Å²) in [6, 6.07) is 20.0. The van der Waals surface area contributed by atoms with E-state index < -0.39 is 0 Å². The predicted molar refractivity (Wildman–Crippen MR) is 135 cm³/mol. The number of aryl methyl sites for hydroxylation is 1. The Balaban J connectivity index is 1.40. The van der Waals surface area contributed by atoms with E-state index in [-0.39, 0.29) is 11.9 Å². The lowest BCUT2D eigenvalue weighted by atomic mass is 10.0. The zero-order valence-electron chi connectivity index (χ0n) is 20.0. The second-order valence-electron chi connectivity index (χ2n) is 8.98. The molecule has 6 heteroatoms. The second-order valence-corrected chi connectivity index (χ2v) is 8.98. The molecule has 1 fully saturated rings. The molecule has 1 unspecified atom stereocenters. The Morgan fingerprint density at radius 3 is 2.27 bits per heavy atom. The number of rotatable bonds is 6. The van der Waals surface area contributed by atoms with Crippen molar-refractivity contribution >= 4 is 17.4 Å². The van der Waals surface area contributed by atoms with Crippen LogP contribution in [0.25, 0.3) is 11.1 Å². The lowest BCUT2D eigenvalue weighted by Gasteiger charge is -2.38. The summed E-state index contributed by atoms with van der Waals surface area (Å²) in [4.78, 5) is 27.0. The highest BCUT2D eigenvalue weighted by Gasteiger charge is 2.27. The summed E-state index contributed by atoms with van der Waals surface area (Å²) in [7, 11) is 0. The van der Waals surface area contributed by atoms with Crippen LogP contribution in [0.1, 0.15) is 38.2 Å². The lowest BCUT2D eigenvalue weighted by molar-refractivity contribution is -0.120. The van der Waals surface area contributed by atoms with E-state index in [4.69, 9.17) is 4.98 Å². The highest BCUT2D eigenvalue weighted by molar-refractivity contribution is 5.98. The normalized spacial score (nSPS) is 15.5. The molecule has 1 aliphatic rings. The molecule has 0 bridgehead atoms. The van der Waals surface area contributed by atoms with Crippen molar-refractivity contribution in [1.82, 2.24) is 14.9 Å². The number of benzene rings is 2. The first-order valence-electron chi connectivity index (χ1n) is 11.7. The number of para-hydroxylation sites is 1. The maximum Gasteiger partial charge on any atom is 0.241 e. The van der Waals surface area contributed by atoms with Crippen molar-refractivity contribution in [1.29, 1.82) is 0 Å². The summed E-state index contributed by atoms with van der Waals surface area (Å²) < 4.78 is 0. The van der Waals surface area contributed by atoms with Crippen LogP contribution in [0.3, 0.4) is 0 Å². The average molecular weight is 444 g/mol. The topological polar surface area (TPSA) is 61.4 Å². The van der Waals surface area contributed by atoms with E-state index in [0.29, 0.717) is 5.92 Å². The van der Waals surface area contributed by atoms with Gasteiger partial charge in [0.2, 0.25) is 5.91 Å². The first-order chi connectivity index (χ1) is 15.9. The molecule has 33 heavy (non-hydrogen) atoms. The third kappa shape index (κ3) is 5.40. The van der Waals surface area contributed by atoms with Gasteiger partial charge in [0, 0.05) is 55.1 Å². The lowest BCUT2D eigenvalue weighted by Crippen LogP contribution is -2.53. The van der Waals surface area contributed by atoms with Gasteiger partial charge in [0.05, 0.1) is 6.04 Å². The molecule has 2 aromatic carbocycles. The Hall–Kier alpha value is -3.25. The van der Waals surface area contributed by atoms with Crippen LogP contribution in [0.15, 0.2) is 60.7 Å². The van der Waals surface area contributed by atoms with Crippen LogP contribution in [-0.4, -0.2) is 53.0 Å². The van der Waals surface area contributed by atoms with E-state index in [1.165, 1.54) is 0 Å². The maximum atomic E-state index is 13.1. The van der Waals surface area contributed by atoms with E-state index in [9.17, 15) is 4.79 Å². The summed E-state index contributed by atoms with van der Waals surface area (Å²) in [5.41, 5.74) is 3.96. The van der Waals surface area contributed by atoms with E-state index in [1.807, 2.05) is 56.3 Å². The summed E-state index contributed by atoms with van der Waals surface area (Å²) in [5.74, 6) is 2.19. The van der Waals surface area contributed by atoms with Gasteiger partial charge in [-0.05, 0) is 25.5 Å². The van der Waals surface area contributed by atoms with Crippen LogP contribution in [0.2, 0.25) is 0 Å². The molecule has 6 nitrogen and oxygen atoms in total. The van der Waals surface area contributed by atoms with E-state index in [1.54, 1.807) is 0 Å². The van der Waals surface area contributed by atoms with Gasteiger partial charge in [0.15, 0.2) is 0 Å². The molecule has 0 saturated carbocycles. The van der Waals surface area contributed by atoms with Gasteiger partial charge in [-0.2, -0.15) is 0 Å². The van der Waals surface area contributed by atoms with Crippen molar-refractivity contribution in [2.45, 2.75) is 39.7 Å². The third-order valence-corrected chi connectivity index (χ3v) is 6.21. The van der Waals surface area contributed by atoms with Gasteiger partial charge in [-0.15, -0.1) is 0 Å². The molecule has 4 rings (SSSR count). The number of nitrogens with zero attached hydrogens (tertiary/aromatic N) is 4. The molecule has 3 aromatic rings. The second kappa shape index (κ2) is 10.1. The summed E-state index contributed by atoms with van der Waals surface area (Å²) in [6.07, 6.45) is 0. The molecule has 1 amide bonds. The van der Waals surface area contributed by atoms with Crippen LogP contribution in [-0.2, 0) is 4.79 Å². The quantitative estimate of drug-likeness (QED) is 0.597. The number of hydrogen-bond donors (Lipinski definition) is 1. The average Bonchev–Trinajstić information content (AvgIpc) is 2.84. The summed E-state index contributed by atoms with van der Waals surface area (Å²) in [5, 5.41) is 3.16. The van der Waals surface area contributed by atoms with E-state index in [2.05, 4.69) is 52.1 Å². The van der Waals surface area contributed by atoms with Crippen molar-refractivity contribution in [2.24, 2.45) is 0 Å². The summed E-state index contributed by atoms with van der Waals surface area (Å²) in [6.45, 7) is 11.6. The fraction of sp³-hybridized carbons (Fsp3) is 0.370. The number of aromatic nitrogens is 2. The zero-order chi connectivity index (χ0) is 23.4. The van der Waals surface area contributed by atoms with Crippen molar-refractivity contribution in [3.8, 4) is 11.1 Å². The fourth-order valence-corrected chi connectivity index (χ4v) is 4.20. The highest BCUT2D eigenvalue weighted by atomic mass is 16.2. The molecular weight excluding hydrogens is 410 g/mol. The zero-order valence-corrected chi connectivity index (χ0v) is 20.0. The predicted octanol–water partition coefficient (Wildman–Crippen LogP) is 4.72. The van der Waals surface area contributed by atoms with Crippen LogP contribution in [0.5, 0.6) is 0 Å². The Kier molecular flexibility index (Phi) is 7.04. The fourth-order valence-electron chi connectivity index (χ4n) is 4.20. The molecule has 2 heterocycles. The first-order valence-corrected chi connectivity index (χ1v) is 11.7. The van der Waals surface area contributed by atoms with Crippen molar-refractivity contribution in [3.05, 3.63) is 72.2 Å². The number of carbonyl (C=O) groups is 1. The highest BCUT2D eigenvalue weighted by Crippen LogP contribution is 2.28. The molecule has 1 aliphatic heterocycles. The number of anilines is 2. The Morgan fingerprint density at radius 1 is 0.909 bits per heavy atom. The number of amides is 1. The SMILES string of the molecule is Cc1cc(N2CCN(C(C)C(=O)Nc3ccccc3-c3ccccc3)CC2)nc(C(C)C)n1. The minimum absolute atomic E-state index is 0.0202. The van der Waals surface area contributed by atoms with Gasteiger partial charge >= 0.3 is 0 Å². The summed E-state index contributed by atoms with van der Waals surface area (Å²) >= 11 is 0. The Labute approximate surface area is 196 Å². The number of nitrogens with one attached hydrogen (secondary N) is 1. The minimum Gasteiger partial charge on any atom is -0.354 e. The smallest absolute Gasteiger partial charge is 0.241 e. The maximum absolute atomic E-state index is 13.1. The molecule has 1 saturated heterocycles. The first kappa shape index (κ1) is 22.9. The van der Waals surface area contributed by atoms with Gasteiger partial charge in [-0.3, -0.25) is 9.69 Å². The molecule has 1 N–H and O–H groups in total. The van der Waals surface area contributed by atoms with Crippen LogP contribution in [0, 0.1) is 6.92 Å².